The lowest BCUT2D eigenvalue weighted by Crippen LogP contribution is -2.18. The highest BCUT2D eigenvalue weighted by Gasteiger charge is 2.23. The van der Waals surface area contributed by atoms with Gasteiger partial charge in [-0.2, -0.15) is 0 Å². The van der Waals surface area contributed by atoms with Crippen molar-refractivity contribution in [3.05, 3.63) is 143 Å². The third kappa shape index (κ3) is 5.86. The first-order valence-electron chi connectivity index (χ1n) is 12.6. The van der Waals surface area contributed by atoms with E-state index in [0.29, 0.717) is 11.5 Å². The van der Waals surface area contributed by atoms with Crippen molar-refractivity contribution < 1.29 is 9.47 Å². The summed E-state index contributed by atoms with van der Waals surface area (Å²) in [5.74, 6) is 2.84. The fourth-order valence-corrected chi connectivity index (χ4v) is 4.28. The molecule has 0 spiro atoms. The highest BCUT2D eigenvalue weighted by Crippen LogP contribution is 2.34. The molecule has 37 heavy (non-hydrogen) atoms. The zero-order valence-electron chi connectivity index (χ0n) is 22.8. The molecule has 4 rings (SSSR count). The average Bonchev–Trinajstić information content (AvgIpc) is 2.88. The van der Waals surface area contributed by atoms with Crippen LogP contribution in [-0.4, -0.2) is 0 Å². The molecule has 0 saturated heterocycles. The number of hydrogen-bond acceptors (Lipinski definition) is 2. The molecule has 0 aliphatic heterocycles. The molecule has 2 nitrogen and oxygen atoms in total. The smallest absolute Gasteiger partial charge is 0.127 e. The highest BCUT2D eigenvalue weighted by atomic mass is 16.5. The minimum absolute atomic E-state index is 0.187. The second-order valence-electron chi connectivity index (χ2n) is 10.3. The van der Waals surface area contributed by atoms with E-state index < -0.39 is 0 Å². The number of benzene rings is 4. The average molecular weight is 489 g/mol. The zero-order chi connectivity index (χ0) is 26.7. The maximum atomic E-state index is 6.05. The van der Waals surface area contributed by atoms with Crippen LogP contribution in [0.3, 0.4) is 0 Å². The van der Waals surface area contributed by atoms with Gasteiger partial charge in [-0.15, -0.1) is 0 Å². The Bertz CT molecular complexity index is 1330. The van der Waals surface area contributed by atoms with Crippen molar-refractivity contribution in [1.82, 2.24) is 0 Å². The molecule has 0 heterocycles. The van der Waals surface area contributed by atoms with E-state index in [1.54, 1.807) is 0 Å². The Morgan fingerprint density at radius 1 is 0.514 bits per heavy atom. The largest absolute Gasteiger partial charge is 0.457 e. The molecule has 0 amide bonds. The zero-order valence-corrected chi connectivity index (χ0v) is 22.8. The van der Waals surface area contributed by atoms with Gasteiger partial charge in [-0.05, 0) is 97.5 Å². The molecule has 0 aliphatic carbocycles. The van der Waals surface area contributed by atoms with Crippen LogP contribution in [0, 0.1) is 27.7 Å². The monoisotopic (exact) mass is 488 g/mol. The molecule has 0 fully saturated rings. The van der Waals surface area contributed by atoms with Crippen molar-refractivity contribution in [3.8, 4) is 11.5 Å². The van der Waals surface area contributed by atoms with Crippen molar-refractivity contribution in [1.29, 1.82) is 0 Å². The van der Waals surface area contributed by atoms with Crippen molar-refractivity contribution in [2.45, 2.75) is 47.0 Å². The minimum atomic E-state index is -0.187. The van der Waals surface area contributed by atoms with E-state index in [9.17, 15) is 0 Å². The summed E-state index contributed by atoms with van der Waals surface area (Å²) in [5.41, 5.74) is 9.17. The predicted octanol–water partition coefficient (Wildman–Crippen LogP) is 9.35. The van der Waals surface area contributed by atoms with Gasteiger partial charge in [0.05, 0.1) is 0 Å². The summed E-state index contributed by atoms with van der Waals surface area (Å²) in [6.45, 7) is 21.1. The summed E-state index contributed by atoms with van der Waals surface area (Å²) >= 11 is 0. The molecule has 4 aromatic carbocycles. The van der Waals surface area contributed by atoms with Gasteiger partial charge in [0.15, 0.2) is 0 Å². The Labute approximate surface area is 221 Å². The maximum Gasteiger partial charge on any atom is 0.127 e. The molecule has 4 aromatic rings. The summed E-state index contributed by atoms with van der Waals surface area (Å²) < 4.78 is 12.1. The lowest BCUT2D eigenvalue weighted by Gasteiger charge is -2.26. The van der Waals surface area contributed by atoms with E-state index in [0.717, 1.165) is 22.6 Å². The lowest BCUT2D eigenvalue weighted by molar-refractivity contribution is 0.514. The van der Waals surface area contributed by atoms with Crippen molar-refractivity contribution in [3.63, 3.8) is 0 Å². The van der Waals surface area contributed by atoms with Crippen LogP contribution >= 0.6 is 0 Å². The minimum Gasteiger partial charge on any atom is -0.457 e. The van der Waals surface area contributed by atoms with Gasteiger partial charge in [0.2, 0.25) is 0 Å². The molecule has 0 radical (unpaired) electrons. The van der Waals surface area contributed by atoms with Crippen LogP contribution < -0.4 is 9.47 Å². The second kappa shape index (κ2) is 10.5. The molecule has 0 aliphatic rings. The first kappa shape index (κ1) is 26.0. The van der Waals surface area contributed by atoms with Crippen LogP contribution in [0.5, 0.6) is 11.5 Å². The van der Waals surface area contributed by atoms with Crippen LogP contribution in [-0.2, 0) is 5.41 Å². The van der Waals surface area contributed by atoms with Gasteiger partial charge in [0, 0.05) is 16.5 Å². The first-order valence-corrected chi connectivity index (χ1v) is 12.6. The summed E-state index contributed by atoms with van der Waals surface area (Å²) in [5, 5.41) is 0. The Morgan fingerprint density at radius 2 is 0.865 bits per heavy atom. The van der Waals surface area contributed by atoms with Gasteiger partial charge in [-0.1, -0.05) is 75.5 Å². The van der Waals surface area contributed by atoms with Crippen LogP contribution in [0.25, 0.3) is 11.5 Å². The normalized spacial score (nSPS) is 11.2. The van der Waals surface area contributed by atoms with Crippen LogP contribution in [0.2, 0.25) is 0 Å². The fraction of sp³-hybridized carbons (Fsp3) is 0.200. The third-order valence-corrected chi connectivity index (χ3v) is 7.29. The molecular formula is C35H36O2. The molecule has 188 valence electrons. The standard InChI is InChI=1S/C35H36O2/c1-23-9-11-29(21-25(23)3)27(5)36-33-17-13-31(14-18-33)35(7,8)32-15-19-34(20-16-32)37-28(6)30-12-10-24(2)26(4)22-30/h9-22H,5-6H2,1-4,7-8H3. The molecule has 0 atom stereocenters. The van der Waals surface area contributed by atoms with Gasteiger partial charge in [-0.3, -0.25) is 0 Å². The fourth-order valence-electron chi connectivity index (χ4n) is 4.28. The number of ether oxygens (including phenoxy) is 2. The number of rotatable bonds is 8. The van der Waals surface area contributed by atoms with Crippen molar-refractivity contribution in [2.24, 2.45) is 0 Å². The van der Waals surface area contributed by atoms with Gasteiger partial charge >= 0.3 is 0 Å². The molecule has 0 saturated carbocycles. The summed E-state index contributed by atoms with van der Waals surface area (Å²) in [6, 6.07) is 29.0. The Morgan fingerprint density at radius 3 is 1.19 bits per heavy atom. The van der Waals surface area contributed by atoms with Crippen molar-refractivity contribution >= 4 is 11.5 Å². The summed E-state index contributed by atoms with van der Waals surface area (Å²) in [4.78, 5) is 0. The van der Waals surface area contributed by atoms with Crippen molar-refractivity contribution in [2.75, 3.05) is 0 Å². The van der Waals surface area contributed by atoms with E-state index in [-0.39, 0.29) is 5.41 Å². The Hall–Kier alpha value is -4.04. The quantitative estimate of drug-likeness (QED) is 0.230. The maximum absolute atomic E-state index is 6.05. The second-order valence-corrected chi connectivity index (χ2v) is 10.3. The molecule has 2 heteroatoms. The van der Waals surface area contributed by atoms with E-state index in [1.807, 2.05) is 36.4 Å². The highest BCUT2D eigenvalue weighted by molar-refractivity contribution is 5.62. The Balaban J connectivity index is 1.43. The topological polar surface area (TPSA) is 18.5 Å². The van der Waals surface area contributed by atoms with E-state index in [2.05, 4.69) is 103 Å². The van der Waals surface area contributed by atoms with Gasteiger partial charge in [0.25, 0.3) is 0 Å². The van der Waals surface area contributed by atoms with Gasteiger partial charge in [-0.25, -0.2) is 0 Å². The van der Waals surface area contributed by atoms with Crippen LogP contribution in [0.15, 0.2) is 98.1 Å². The third-order valence-electron chi connectivity index (χ3n) is 7.29. The Kier molecular flexibility index (Phi) is 7.40. The summed E-state index contributed by atoms with van der Waals surface area (Å²) in [7, 11) is 0. The summed E-state index contributed by atoms with van der Waals surface area (Å²) in [6.07, 6.45) is 0. The lowest BCUT2D eigenvalue weighted by atomic mass is 9.78. The van der Waals surface area contributed by atoms with Gasteiger partial charge < -0.3 is 9.47 Å². The molecule has 0 aromatic heterocycles. The molecular weight excluding hydrogens is 452 g/mol. The molecule has 0 unspecified atom stereocenters. The molecule has 0 bridgehead atoms. The van der Waals surface area contributed by atoms with Crippen LogP contribution in [0.1, 0.15) is 58.4 Å². The SMILES string of the molecule is C=C(Oc1ccc(C(C)(C)c2ccc(OC(=C)c3ccc(C)c(C)c3)cc2)cc1)c1ccc(C)c(C)c1. The number of aryl methyl sites for hydroxylation is 4. The molecule has 0 N–H and O–H groups in total. The number of hydrogen-bond donors (Lipinski definition) is 0. The predicted molar refractivity (Wildman–Crippen MR) is 156 cm³/mol. The van der Waals surface area contributed by atoms with E-state index >= 15 is 0 Å². The van der Waals surface area contributed by atoms with E-state index in [4.69, 9.17) is 9.47 Å². The van der Waals surface area contributed by atoms with E-state index in [1.165, 1.54) is 33.4 Å². The first-order chi connectivity index (χ1) is 17.5. The van der Waals surface area contributed by atoms with Gasteiger partial charge in [0.1, 0.15) is 23.0 Å². The van der Waals surface area contributed by atoms with Crippen LogP contribution in [0.4, 0.5) is 0 Å².